The maximum atomic E-state index is 11.5. The molecule has 0 saturated carbocycles. The summed E-state index contributed by atoms with van der Waals surface area (Å²) >= 11 is 3.99. The van der Waals surface area contributed by atoms with Gasteiger partial charge in [-0.2, -0.15) is 12.6 Å². The predicted octanol–water partition coefficient (Wildman–Crippen LogP) is 5.93. The second-order valence-electron chi connectivity index (χ2n) is 7.47. The van der Waals surface area contributed by atoms with E-state index in [1.807, 2.05) is 6.08 Å². The van der Waals surface area contributed by atoms with Crippen LogP contribution in [0.25, 0.3) is 0 Å². The molecule has 0 spiro atoms. The fourth-order valence-corrected chi connectivity index (χ4v) is 2.58. The van der Waals surface area contributed by atoms with Crippen LogP contribution in [0.3, 0.4) is 0 Å². The summed E-state index contributed by atoms with van der Waals surface area (Å²) < 4.78 is 5.09. The zero-order valence-electron chi connectivity index (χ0n) is 17.9. The molecule has 0 aliphatic heterocycles. The third-order valence-corrected chi connectivity index (χ3v) is 4.70. The molecule has 154 valence electrons. The topological polar surface area (TPSA) is 52.3 Å². The summed E-state index contributed by atoms with van der Waals surface area (Å²) in [5.41, 5.74) is 11.1. The number of hydrogen-bond acceptors (Lipinski definition) is 4. The van der Waals surface area contributed by atoms with Gasteiger partial charge < -0.3 is 10.5 Å². The van der Waals surface area contributed by atoms with E-state index in [0.717, 1.165) is 38.5 Å². The Kier molecular flexibility index (Phi) is 15.0. The first-order chi connectivity index (χ1) is 12.8. The first-order valence-electron chi connectivity index (χ1n) is 9.89. The number of hydrogen-bond donors (Lipinski definition) is 2. The van der Waals surface area contributed by atoms with Crippen LogP contribution >= 0.6 is 12.6 Å². The number of esters is 1. The Hall–Kier alpha value is -1.26. The lowest BCUT2D eigenvalue weighted by Crippen LogP contribution is -2.33. The monoisotopic (exact) mass is 393 g/mol. The minimum Gasteiger partial charge on any atom is -0.460 e. The van der Waals surface area contributed by atoms with Gasteiger partial charge in [0.2, 0.25) is 0 Å². The Morgan fingerprint density at radius 1 is 0.852 bits per heavy atom. The summed E-state index contributed by atoms with van der Waals surface area (Å²) in [7, 11) is 0. The highest BCUT2D eigenvalue weighted by Gasteiger charge is 2.11. The number of allylic oxidation sites excluding steroid dienone is 7. The third kappa shape index (κ3) is 15.5. The maximum absolute atomic E-state index is 11.5. The number of carbonyl (C=O) groups is 1. The predicted molar refractivity (Wildman–Crippen MR) is 121 cm³/mol. The van der Waals surface area contributed by atoms with Crippen LogP contribution in [-0.2, 0) is 9.53 Å². The summed E-state index contributed by atoms with van der Waals surface area (Å²) in [6, 6.07) is -0.641. The summed E-state index contributed by atoms with van der Waals surface area (Å²) in [6.07, 6.45) is 15.4. The first-order valence-corrected chi connectivity index (χ1v) is 10.5. The van der Waals surface area contributed by atoms with Gasteiger partial charge in [-0.1, -0.05) is 40.5 Å². The molecule has 0 aromatic rings. The van der Waals surface area contributed by atoms with E-state index in [0.29, 0.717) is 5.75 Å². The number of nitrogens with two attached hydrogens (primary N) is 1. The lowest BCUT2D eigenvalue weighted by Gasteiger charge is -2.07. The summed E-state index contributed by atoms with van der Waals surface area (Å²) in [4.78, 5) is 11.5. The van der Waals surface area contributed by atoms with Gasteiger partial charge in [0, 0.05) is 5.75 Å². The van der Waals surface area contributed by atoms with Crippen molar-refractivity contribution in [1.82, 2.24) is 0 Å². The number of carbonyl (C=O) groups excluding carboxylic acids is 1. The minimum atomic E-state index is -0.641. The van der Waals surface area contributed by atoms with Crippen molar-refractivity contribution < 1.29 is 9.53 Å². The van der Waals surface area contributed by atoms with E-state index >= 15 is 0 Å². The molecule has 1 atom stereocenters. The van der Waals surface area contributed by atoms with Crippen LogP contribution in [0.5, 0.6) is 0 Å². The van der Waals surface area contributed by atoms with Gasteiger partial charge in [-0.25, -0.2) is 0 Å². The number of thiol groups is 1. The van der Waals surface area contributed by atoms with Crippen LogP contribution in [0.1, 0.15) is 73.1 Å². The van der Waals surface area contributed by atoms with E-state index in [4.69, 9.17) is 10.5 Å². The molecular weight excluding hydrogens is 354 g/mol. The molecule has 0 amide bonds. The van der Waals surface area contributed by atoms with E-state index in [1.165, 1.54) is 22.3 Å². The summed E-state index contributed by atoms with van der Waals surface area (Å²) in [5.74, 6) is -0.0931. The van der Waals surface area contributed by atoms with Crippen molar-refractivity contribution in [2.45, 2.75) is 79.2 Å². The molecule has 0 fully saturated rings. The van der Waals surface area contributed by atoms with Crippen LogP contribution in [-0.4, -0.2) is 24.4 Å². The van der Waals surface area contributed by atoms with Crippen molar-refractivity contribution in [2.75, 3.05) is 12.4 Å². The fraction of sp³-hybridized carbons (Fsp3) is 0.609. The van der Waals surface area contributed by atoms with Gasteiger partial charge in [-0.3, -0.25) is 4.79 Å². The molecule has 3 nitrogen and oxygen atoms in total. The molecule has 0 aromatic carbocycles. The van der Waals surface area contributed by atoms with E-state index in [-0.39, 0.29) is 6.61 Å². The zero-order chi connectivity index (χ0) is 20.7. The second-order valence-corrected chi connectivity index (χ2v) is 7.83. The van der Waals surface area contributed by atoms with Crippen molar-refractivity contribution in [3.8, 4) is 0 Å². The largest absolute Gasteiger partial charge is 0.460 e. The van der Waals surface area contributed by atoms with Crippen molar-refractivity contribution in [3.63, 3.8) is 0 Å². The molecule has 4 heteroatoms. The third-order valence-electron chi connectivity index (χ3n) is 4.31. The summed E-state index contributed by atoms with van der Waals surface area (Å²) in [6.45, 7) is 11.1. The second kappa shape index (κ2) is 15.8. The smallest absolute Gasteiger partial charge is 0.324 e. The van der Waals surface area contributed by atoms with Gasteiger partial charge in [0.05, 0.1) is 0 Å². The Labute approximate surface area is 172 Å². The summed E-state index contributed by atoms with van der Waals surface area (Å²) in [5, 5.41) is 0. The SMILES string of the molecule is CC(C)=CCC/C(C)=C/CC/C(C)=C/CC/C(C)=C/COC(=O)[C@@H](N)CS. The molecule has 0 aliphatic rings. The Balaban J connectivity index is 4.05. The van der Waals surface area contributed by atoms with Gasteiger partial charge in [-0.05, 0) is 79.2 Å². The van der Waals surface area contributed by atoms with Crippen molar-refractivity contribution in [2.24, 2.45) is 5.73 Å². The van der Waals surface area contributed by atoms with Crippen LogP contribution in [0.2, 0.25) is 0 Å². The lowest BCUT2D eigenvalue weighted by molar-refractivity contribution is -0.143. The fourth-order valence-electron chi connectivity index (χ4n) is 2.43. The Morgan fingerprint density at radius 3 is 1.74 bits per heavy atom. The van der Waals surface area contributed by atoms with Crippen molar-refractivity contribution >= 4 is 18.6 Å². The maximum Gasteiger partial charge on any atom is 0.324 e. The Bertz CT molecular complexity index is 555. The molecular formula is C23H39NO2S. The first kappa shape index (κ1) is 25.7. The molecule has 27 heavy (non-hydrogen) atoms. The molecule has 0 aliphatic carbocycles. The van der Waals surface area contributed by atoms with Crippen molar-refractivity contribution in [3.05, 3.63) is 46.6 Å². The van der Waals surface area contributed by atoms with Crippen LogP contribution < -0.4 is 5.73 Å². The molecule has 0 rings (SSSR count). The molecule has 0 heterocycles. The van der Waals surface area contributed by atoms with E-state index in [2.05, 4.69) is 65.5 Å². The van der Waals surface area contributed by atoms with Gasteiger partial charge >= 0.3 is 5.97 Å². The highest BCUT2D eigenvalue weighted by Crippen LogP contribution is 2.13. The molecule has 0 saturated heterocycles. The highest BCUT2D eigenvalue weighted by molar-refractivity contribution is 7.80. The van der Waals surface area contributed by atoms with E-state index in [1.54, 1.807) is 0 Å². The zero-order valence-corrected chi connectivity index (χ0v) is 18.8. The van der Waals surface area contributed by atoms with Crippen molar-refractivity contribution in [1.29, 1.82) is 0 Å². The van der Waals surface area contributed by atoms with Crippen LogP contribution in [0, 0.1) is 0 Å². The van der Waals surface area contributed by atoms with E-state index in [9.17, 15) is 4.79 Å². The molecule has 0 unspecified atom stereocenters. The average Bonchev–Trinajstić information content (AvgIpc) is 2.60. The van der Waals surface area contributed by atoms with Gasteiger partial charge in [0.1, 0.15) is 12.6 Å². The van der Waals surface area contributed by atoms with Crippen LogP contribution in [0.15, 0.2) is 46.6 Å². The van der Waals surface area contributed by atoms with Gasteiger partial charge in [-0.15, -0.1) is 0 Å². The minimum absolute atomic E-state index is 0.283. The molecule has 0 bridgehead atoms. The molecule has 2 N–H and O–H groups in total. The normalized spacial score (nSPS) is 14.1. The number of ether oxygens (including phenoxy) is 1. The standard InChI is InChI=1S/C23H39NO2S/c1-18(2)9-6-10-19(3)11-7-12-20(4)13-8-14-21(5)15-16-26-23(25)22(24)17-27/h9,11,13,15,22,27H,6-8,10,12,14,16-17,24H2,1-5H3/b19-11+,20-13+,21-15+/t22-/m0/s1. The Morgan fingerprint density at radius 2 is 1.30 bits per heavy atom. The average molecular weight is 394 g/mol. The number of rotatable bonds is 13. The quantitative estimate of drug-likeness (QED) is 0.231. The van der Waals surface area contributed by atoms with Crippen LogP contribution in [0.4, 0.5) is 0 Å². The van der Waals surface area contributed by atoms with Gasteiger partial charge in [0.15, 0.2) is 0 Å². The molecule has 0 radical (unpaired) electrons. The lowest BCUT2D eigenvalue weighted by atomic mass is 10.0. The van der Waals surface area contributed by atoms with Gasteiger partial charge in [0.25, 0.3) is 0 Å². The highest BCUT2D eigenvalue weighted by atomic mass is 32.1. The molecule has 0 aromatic heterocycles. The van der Waals surface area contributed by atoms with E-state index < -0.39 is 12.0 Å².